The van der Waals surface area contributed by atoms with Gasteiger partial charge in [0.15, 0.2) is 0 Å². The van der Waals surface area contributed by atoms with Crippen molar-refractivity contribution < 1.29 is 13.2 Å². The van der Waals surface area contributed by atoms with Crippen molar-refractivity contribution in [3.63, 3.8) is 0 Å². The number of carbonyl (C=O) groups excluding carboxylic acids is 1. The van der Waals surface area contributed by atoms with Gasteiger partial charge in [0, 0.05) is 29.8 Å². The van der Waals surface area contributed by atoms with Crippen molar-refractivity contribution in [2.45, 2.75) is 11.8 Å². The largest absolute Gasteiger partial charge is 0.338 e. The molecule has 0 spiro atoms. The predicted octanol–water partition coefficient (Wildman–Crippen LogP) is 2.26. The first-order valence-electron chi connectivity index (χ1n) is 5.16. The van der Waals surface area contributed by atoms with Gasteiger partial charge in [-0.25, -0.2) is 8.42 Å². The lowest BCUT2D eigenvalue weighted by atomic mass is 10.2. The molecule has 18 heavy (non-hydrogen) atoms. The highest BCUT2D eigenvalue weighted by Gasteiger charge is 2.15. The van der Waals surface area contributed by atoms with Crippen LogP contribution in [0.1, 0.15) is 17.3 Å². The van der Waals surface area contributed by atoms with Crippen LogP contribution in [0.5, 0.6) is 0 Å². The molecule has 1 aromatic rings. The van der Waals surface area contributed by atoms with Crippen LogP contribution in [0.15, 0.2) is 41.3 Å². The van der Waals surface area contributed by atoms with E-state index < -0.39 is 9.05 Å². The fourth-order valence-electron chi connectivity index (χ4n) is 1.48. The van der Waals surface area contributed by atoms with Gasteiger partial charge in [-0.1, -0.05) is 18.2 Å². The Kier molecular flexibility index (Phi) is 4.53. The molecule has 0 atom stereocenters. The Labute approximate surface area is 111 Å². The van der Waals surface area contributed by atoms with Crippen molar-refractivity contribution in [2.24, 2.45) is 0 Å². The normalized spacial score (nSPS) is 11.1. The van der Waals surface area contributed by atoms with Crippen LogP contribution in [0.4, 0.5) is 0 Å². The predicted molar refractivity (Wildman–Crippen MR) is 71.3 cm³/mol. The highest BCUT2D eigenvalue weighted by atomic mass is 35.7. The van der Waals surface area contributed by atoms with Crippen LogP contribution in [0.2, 0.25) is 0 Å². The van der Waals surface area contributed by atoms with Gasteiger partial charge in [-0.15, -0.1) is 0 Å². The van der Waals surface area contributed by atoms with Crippen LogP contribution in [0.25, 0.3) is 0 Å². The van der Waals surface area contributed by atoms with Gasteiger partial charge in [0.05, 0.1) is 4.90 Å². The molecule has 98 valence electrons. The van der Waals surface area contributed by atoms with Crippen LogP contribution in [0.3, 0.4) is 0 Å². The number of benzene rings is 1. The number of likely N-dealkylation sites (N-methyl/N-ethyl adjacent to an activating group) is 1. The van der Waals surface area contributed by atoms with Gasteiger partial charge in [0.2, 0.25) is 0 Å². The minimum Gasteiger partial charge on any atom is -0.338 e. The van der Waals surface area contributed by atoms with Gasteiger partial charge in [-0.3, -0.25) is 4.79 Å². The van der Waals surface area contributed by atoms with E-state index in [0.717, 1.165) is 5.57 Å². The number of amides is 1. The molecular weight excluding hydrogens is 274 g/mol. The SMILES string of the molecule is C=C(C)CN(C)C(=O)c1cccc(S(=O)(=O)Cl)c1. The van der Waals surface area contributed by atoms with Crippen molar-refractivity contribution in [3.8, 4) is 0 Å². The molecular formula is C12H14ClNO3S. The summed E-state index contributed by atoms with van der Waals surface area (Å²) in [7, 11) is 3.03. The number of hydrogen-bond donors (Lipinski definition) is 0. The van der Waals surface area contributed by atoms with Crippen LogP contribution >= 0.6 is 10.7 Å². The highest BCUT2D eigenvalue weighted by molar-refractivity contribution is 8.13. The molecule has 0 N–H and O–H groups in total. The Balaban J connectivity index is 3.04. The molecule has 0 aliphatic carbocycles. The van der Waals surface area contributed by atoms with Crippen LogP contribution in [-0.2, 0) is 9.05 Å². The van der Waals surface area contributed by atoms with Crippen LogP contribution < -0.4 is 0 Å². The number of hydrogen-bond acceptors (Lipinski definition) is 3. The van der Waals surface area contributed by atoms with Crippen molar-refractivity contribution >= 4 is 25.6 Å². The van der Waals surface area contributed by atoms with E-state index in [-0.39, 0.29) is 16.4 Å². The minimum atomic E-state index is -3.82. The van der Waals surface area contributed by atoms with Crippen molar-refractivity contribution in [3.05, 3.63) is 42.0 Å². The van der Waals surface area contributed by atoms with Gasteiger partial charge in [-0.05, 0) is 25.1 Å². The second-order valence-corrected chi connectivity index (χ2v) is 6.65. The van der Waals surface area contributed by atoms with Crippen molar-refractivity contribution in [1.29, 1.82) is 0 Å². The summed E-state index contributed by atoms with van der Waals surface area (Å²) in [6, 6.07) is 5.64. The lowest BCUT2D eigenvalue weighted by Gasteiger charge is -2.17. The zero-order valence-corrected chi connectivity index (χ0v) is 11.8. The third kappa shape index (κ3) is 3.85. The molecule has 4 nitrogen and oxygen atoms in total. The smallest absolute Gasteiger partial charge is 0.261 e. The molecule has 1 rings (SSSR count). The van der Waals surface area contributed by atoms with E-state index in [1.54, 1.807) is 13.1 Å². The third-order valence-electron chi connectivity index (χ3n) is 2.22. The molecule has 0 aliphatic heterocycles. The van der Waals surface area contributed by atoms with Crippen LogP contribution in [0, 0.1) is 0 Å². The van der Waals surface area contributed by atoms with Gasteiger partial charge in [0.25, 0.3) is 15.0 Å². The Morgan fingerprint density at radius 3 is 2.56 bits per heavy atom. The molecule has 0 unspecified atom stereocenters. The zero-order valence-electron chi connectivity index (χ0n) is 10.2. The van der Waals surface area contributed by atoms with E-state index in [4.69, 9.17) is 10.7 Å². The first kappa shape index (κ1) is 14.7. The molecule has 0 saturated heterocycles. The average molecular weight is 288 g/mol. The fourth-order valence-corrected chi connectivity index (χ4v) is 2.27. The maximum Gasteiger partial charge on any atom is 0.261 e. The molecule has 0 radical (unpaired) electrons. The zero-order chi connectivity index (χ0) is 13.9. The molecule has 0 fully saturated rings. The summed E-state index contributed by atoms with van der Waals surface area (Å²) < 4.78 is 22.4. The average Bonchev–Trinajstić information content (AvgIpc) is 2.26. The standard InChI is InChI=1S/C12H14ClNO3S/c1-9(2)8-14(3)12(15)10-5-4-6-11(7-10)18(13,16)17/h4-7H,1,8H2,2-3H3. The summed E-state index contributed by atoms with van der Waals surface area (Å²) in [5, 5.41) is 0. The Bertz CT molecular complexity index is 581. The van der Waals surface area contributed by atoms with Crippen molar-refractivity contribution in [1.82, 2.24) is 4.90 Å². The monoisotopic (exact) mass is 287 g/mol. The van der Waals surface area contributed by atoms with E-state index in [2.05, 4.69) is 6.58 Å². The molecule has 6 heteroatoms. The van der Waals surface area contributed by atoms with E-state index >= 15 is 0 Å². The molecule has 1 aromatic carbocycles. The summed E-state index contributed by atoms with van der Waals surface area (Å²) in [4.78, 5) is 13.4. The van der Waals surface area contributed by atoms with Gasteiger partial charge >= 0.3 is 0 Å². The summed E-state index contributed by atoms with van der Waals surface area (Å²) in [5.41, 5.74) is 1.12. The van der Waals surface area contributed by atoms with Gasteiger partial charge < -0.3 is 4.90 Å². The maximum absolute atomic E-state index is 12.0. The first-order chi connectivity index (χ1) is 8.21. The second-order valence-electron chi connectivity index (χ2n) is 4.08. The number of carbonyl (C=O) groups is 1. The van der Waals surface area contributed by atoms with E-state index in [0.29, 0.717) is 6.54 Å². The minimum absolute atomic E-state index is 0.0845. The summed E-state index contributed by atoms with van der Waals surface area (Å²) in [5.74, 6) is -0.278. The number of rotatable bonds is 4. The van der Waals surface area contributed by atoms with Crippen LogP contribution in [-0.4, -0.2) is 32.8 Å². The summed E-state index contributed by atoms with van der Waals surface area (Å²) in [6.45, 7) is 5.94. The highest BCUT2D eigenvalue weighted by Crippen LogP contribution is 2.17. The lowest BCUT2D eigenvalue weighted by molar-refractivity contribution is 0.0806. The lowest BCUT2D eigenvalue weighted by Crippen LogP contribution is -2.28. The number of nitrogens with zero attached hydrogens (tertiary/aromatic N) is 1. The second kappa shape index (κ2) is 5.54. The molecule has 0 heterocycles. The summed E-state index contributed by atoms with van der Waals surface area (Å²) >= 11 is 0. The fraction of sp³-hybridized carbons (Fsp3) is 0.250. The maximum atomic E-state index is 12.0. The molecule has 0 saturated carbocycles. The van der Waals surface area contributed by atoms with Gasteiger partial charge in [0.1, 0.15) is 0 Å². The summed E-state index contributed by atoms with van der Waals surface area (Å²) in [6.07, 6.45) is 0. The quantitative estimate of drug-likeness (QED) is 0.630. The third-order valence-corrected chi connectivity index (χ3v) is 3.57. The Hall–Kier alpha value is -1.33. The molecule has 1 amide bonds. The molecule has 0 bridgehead atoms. The first-order valence-corrected chi connectivity index (χ1v) is 7.47. The van der Waals surface area contributed by atoms with Gasteiger partial charge in [-0.2, -0.15) is 0 Å². The van der Waals surface area contributed by atoms with Crippen molar-refractivity contribution in [2.75, 3.05) is 13.6 Å². The number of halogens is 1. The van der Waals surface area contributed by atoms with E-state index in [1.165, 1.54) is 23.1 Å². The molecule has 0 aliphatic rings. The van der Waals surface area contributed by atoms with E-state index in [9.17, 15) is 13.2 Å². The molecule has 0 aromatic heterocycles. The van der Waals surface area contributed by atoms with E-state index in [1.807, 2.05) is 6.92 Å². The Morgan fingerprint density at radius 1 is 1.44 bits per heavy atom. The Morgan fingerprint density at radius 2 is 2.06 bits per heavy atom. The topological polar surface area (TPSA) is 54.5 Å².